The summed E-state index contributed by atoms with van der Waals surface area (Å²) in [6.07, 6.45) is 2.59. The van der Waals surface area contributed by atoms with E-state index < -0.39 is 6.43 Å². The number of Topliss-reactive ketones (excluding diaryl/α,β-unsaturated/α-hetero) is 1. The summed E-state index contributed by atoms with van der Waals surface area (Å²) in [5.74, 6) is 0.300. The molecule has 4 rings (SSSR count). The van der Waals surface area contributed by atoms with E-state index in [1.807, 2.05) is 6.20 Å². The van der Waals surface area contributed by atoms with Crippen LogP contribution in [-0.4, -0.2) is 48.3 Å². The Morgan fingerprint density at radius 1 is 1.38 bits per heavy atom. The number of fused-ring (bicyclic) bond motifs is 1. The first kappa shape index (κ1) is 20.0. The van der Waals surface area contributed by atoms with Crippen LogP contribution in [0.25, 0.3) is 5.78 Å². The lowest BCUT2D eigenvalue weighted by atomic mass is 9.78. The highest BCUT2D eigenvalue weighted by molar-refractivity contribution is 7.11. The number of likely N-dealkylation sites (tertiary alicyclic amines) is 1. The van der Waals surface area contributed by atoms with Crippen molar-refractivity contribution in [2.45, 2.75) is 51.5 Å². The maximum absolute atomic E-state index is 13.5. The van der Waals surface area contributed by atoms with Gasteiger partial charge in [0.2, 0.25) is 0 Å². The van der Waals surface area contributed by atoms with E-state index in [-0.39, 0.29) is 22.7 Å². The Hall–Kier alpha value is -2.33. The van der Waals surface area contributed by atoms with Gasteiger partial charge in [-0.3, -0.25) is 9.69 Å². The fourth-order valence-corrected chi connectivity index (χ4v) is 4.96. The molecule has 0 aliphatic carbocycles. The summed E-state index contributed by atoms with van der Waals surface area (Å²) in [6, 6.07) is 1.47. The maximum atomic E-state index is 13.5. The molecule has 0 amide bonds. The minimum Gasteiger partial charge on any atom is -0.300 e. The summed E-state index contributed by atoms with van der Waals surface area (Å²) in [7, 11) is 0. The Kier molecular flexibility index (Phi) is 5.39. The second-order valence-corrected chi connectivity index (χ2v) is 9.01. The molecule has 0 saturated carbocycles. The average Bonchev–Trinajstić information content (AvgIpc) is 3.29. The van der Waals surface area contributed by atoms with Gasteiger partial charge < -0.3 is 0 Å². The lowest BCUT2D eigenvalue weighted by molar-refractivity contribution is -0.116. The van der Waals surface area contributed by atoms with Gasteiger partial charge in [-0.05, 0) is 32.4 Å². The lowest BCUT2D eigenvalue weighted by Crippen LogP contribution is -2.44. The fourth-order valence-electron chi connectivity index (χ4n) is 3.92. The van der Waals surface area contributed by atoms with Crippen molar-refractivity contribution in [2.75, 3.05) is 13.1 Å². The van der Waals surface area contributed by atoms with Gasteiger partial charge in [-0.25, -0.2) is 18.7 Å². The number of piperidine rings is 1. The molecule has 1 saturated heterocycles. The minimum absolute atomic E-state index is 0.0984. The molecule has 0 N–H and O–H groups in total. The van der Waals surface area contributed by atoms with Gasteiger partial charge in [0.05, 0.1) is 12.1 Å². The molecule has 1 fully saturated rings. The number of thiazole rings is 1. The van der Waals surface area contributed by atoms with Crippen LogP contribution in [0.2, 0.25) is 0 Å². The molecule has 1 aliphatic rings. The summed E-state index contributed by atoms with van der Waals surface area (Å²) < 4.78 is 28.2. The second kappa shape index (κ2) is 7.83. The SMILES string of the molecule is CC(=O)Cc1ncc(CN2CCCC(C)(c3cc(C(F)F)n4ncnc4n3)C2)s1. The van der Waals surface area contributed by atoms with Crippen molar-refractivity contribution in [3.05, 3.63) is 39.9 Å². The Bertz CT molecular complexity index is 1030. The summed E-state index contributed by atoms with van der Waals surface area (Å²) in [5, 5.41) is 4.69. The number of carbonyl (C=O) groups excluding carboxylic acids is 1. The number of hydrogen-bond donors (Lipinski definition) is 0. The fraction of sp³-hybridized carbons (Fsp3) is 0.526. The van der Waals surface area contributed by atoms with Gasteiger partial charge in [0.25, 0.3) is 12.2 Å². The predicted molar refractivity (Wildman–Crippen MR) is 104 cm³/mol. The molecule has 10 heteroatoms. The van der Waals surface area contributed by atoms with Gasteiger partial charge in [0, 0.05) is 29.6 Å². The molecule has 0 aromatic carbocycles. The molecule has 29 heavy (non-hydrogen) atoms. The third-order valence-corrected chi connectivity index (χ3v) is 6.26. The summed E-state index contributed by atoms with van der Waals surface area (Å²) in [5.41, 5.74) is 0.0828. The molecular weight excluding hydrogens is 398 g/mol. The van der Waals surface area contributed by atoms with E-state index in [0.717, 1.165) is 40.3 Å². The Balaban J connectivity index is 1.56. The highest BCUT2D eigenvalue weighted by atomic mass is 32.1. The number of rotatable bonds is 6. The van der Waals surface area contributed by atoms with Gasteiger partial charge in [0.15, 0.2) is 0 Å². The van der Waals surface area contributed by atoms with Crippen molar-refractivity contribution in [3.8, 4) is 0 Å². The van der Waals surface area contributed by atoms with Gasteiger partial charge in [-0.15, -0.1) is 11.3 Å². The number of carbonyl (C=O) groups is 1. The zero-order valence-electron chi connectivity index (χ0n) is 16.3. The third-order valence-electron chi connectivity index (χ3n) is 5.28. The third kappa shape index (κ3) is 4.18. The minimum atomic E-state index is -2.65. The number of nitrogens with zero attached hydrogens (tertiary/aromatic N) is 6. The molecule has 0 radical (unpaired) electrons. The van der Waals surface area contributed by atoms with Crippen LogP contribution in [-0.2, 0) is 23.2 Å². The summed E-state index contributed by atoms with van der Waals surface area (Å²) in [6.45, 7) is 5.97. The highest BCUT2D eigenvalue weighted by Crippen LogP contribution is 2.35. The first-order valence-electron chi connectivity index (χ1n) is 9.49. The first-order chi connectivity index (χ1) is 13.8. The smallest absolute Gasteiger partial charge is 0.280 e. The molecule has 3 aromatic heterocycles. The quantitative estimate of drug-likeness (QED) is 0.610. The summed E-state index contributed by atoms with van der Waals surface area (Å²) >= 11 is 1.55. The van der Waals surface area contributed by atoms with Crippen LogP contribution in [0.1, 0.15) is 54.4 Å². The molecule has 1 atom stereocenters. The van der Waals surface area contributed by atoms with Gasteiger partial charge in [-0.2, -0.15) is 14.6 Å². The monoisotopic (exact) mass is 420 g/mol. The van der Waals surface area contributed by atoms with Crippen molar-refractivity contribution in [2.24, 2.45) is 0 Å². The topological polar surface area (TPSA) is 76.3 Å². The Morgan fingerprint density at radius 3 is 2.97 bits per heavy atom. The van der Waals surface area contributed by atoms with Gasteiger partial charge in [-0.1, -0.05) is 6.92 Å². The molecule has 1 unspecified atom stereocenters. The van der Waals surface area contributed by atoms with E-state index in [1.165, 1.54) is 12.4 Å². The molecule has 0 spiro atoms. The number of ketones is 1. The molecule has 0 bridgehead atoms. The molecule has 4 heterocycles. The molecule has 3 aromatic rings. The van der Waals surface area contributed by atoms with Crippen LogP contribution in [0.15, 0.2) is 18.6 Å². The van der Waals surface area contributed by atoms with Crippen LogP contribution < -0.4 is 0 Å². The van der Waals surface area contributed by atoms with E-state index in [9.17, 15) is 13.6 Å². The van der Waals surface area contributed by atoms with Gasteiger partial charge >= 0.3 is 0 Å². The first-order valence-corrected chi connectivity index (χ1v) is 10.3. The molecule has 154 valence electrons. The van der Waals surface area contributed by atoms with Crippen molar-refractivity contribution in [1.29, 1.82) is 0 Å². The van der Waals surface area contributed by atoms with Crippen LogP contribution in [0, 0.1) is 0 Å². The highest BCUT2D eigenvalue weighted by Gasteiger charge is 2.35. The number of alkyl halides is 2. The molecular formula is C19H22F2N6OS. The van der Waals surface area contributed by atoms with Crippen LogP contribution in [0.4, 0.5) is 8.78 Å². The Morgan fingerprint density at radius 2 is 2.21 bits per heavy atom. The Labute approximate surface area is 170 Å². The van der Waals surface area contributed by atoms with E-state index in [4.69, 9.17) is 0 Å². The molecule has 7 nitrogen and oxygen atoms in total. The van der Waals surface area contributed by atoms with Crippen molar-refractivity contribution >= 4 is 22.9 Å². The standard InChI is InChI=1S/C19H22F2N6OS/c1-12(28)6-16-22-8-13(29-16)9-26-5-3-4-19(2,10-26)15-7-14(17(20)21)27-18(25-15)23-11-24-27/h7-8,11,17H,3-6,9-10H2,1-2H3. The van der Waals surface area contributed by atoms with E-state index in [1.54, 1.807) is 18.3 Å². The van der Waals surface area contributed by atoms with E-state index >= 15 is 0 Å². The zero-order chi connectivity index (χ0) is 20.6. The normalized spacial score (nSPS) is 20.6. The van der Waals surface area contributed by atoms with Gasteiger partial charge in [0.1, 0.15) is 22.8 Å². The summed E-state index contributed by atoms with van der Waals surface area (Å²) in [4.78, 5) is 27.6. The van der Waals surface area contributed by atoms with Crippen LogP contribution in [0.5, 0.6) is 0 Å². The van der Waals surface area contributed by atoms with Crippen molar-refractivity contribution in [3.63, 3.8) is 0 Å². The van der Waals surface area contributed by atoms with Crippen molar-refractivity contribution < 1.29 is 13.6 Å². The number of halogens is 2. The average molecular weight is 420 g/mol. The largest absolute Gasteiger partial charge is 0.300 e. The predicted octanol–water partition coefficient (Wildman–Crippen LogP) is 3.20. The van der Waals surface area contributed by atoms with Crippen LogP contribution in [0.3, 0.4) is 0 Å². The number of hydrogen-bond acceptors (Lipinski definition) is 7. The number of aromatic nitrogens is 5. The van der Waals surface area contributed by atoms with E-state index in [2.05, 4.69) is 31.9 Å². The second-order valence-electron chi connectivity index (χ2n) is 7.81. The lowest BCUT2D eigenvalue weighted by Gasteiger charge is -2.40. The zero-order valence-corrected chi connectivity index (χ0v) is 17.1. The van der Waals surface area contributed by atoms with E-state index in [0.29, 0.717) is 18.7 Å². The van der Waals surface area contributed by atoms with Crippen LogP contribution >= 0.6 is 11.3 Å². The maximum Gasteiger partial charge on any atom is 0.280 e. The van der Waals surface area contributed by atoms with Crippen molar-refractivity contribution in [1.82, 2.24) is 29.5 Å². The molecule has 1 aliphatic heterocycles.